The summed E-state index contributed by atoms with van der Waals surface area (Å²) in [6.45, 7) is 3.04. The Morgan fingerprint density at radius 2 is 2.17 bits per heavy atom. The molecule has 1 aliphatic rings. The van der Waals surface area contributed by atoms with Gasteiger partial charge in [-0.15, -0.1) is 0 Å². The van der Waals surface area contributed by atoms with Crippen molar-refractivity contribution in [3.05, 3.63) is 23.4 Å². The minimum absolute atomic E-state index is 0.116. The molecule has 0 aromatic carbocycles. The highest BCUT2D eigenvalue weighted by Gasteiger charge is 2.31. The second-order valence-electron chi connectivity index (χ2n) is 4.56. The van der Waals surface area contributed by atoms with E-state index in [0.29, 0.717) is 24.5 Å². The van der Waals surface area contributed by atoms with Crippen LogP contribution in [0, 0.1) is 12.8 Å². The van der Waals surface area contributed by atoms with Crippen LogP contribution in [-0.2, 0) is 4.79 Å². The number of carbonyl (C=O) groups is 2. The molecular formula is C12H15N3O3. The maximum atomic E-state index is 11.3. The average Bonchev–Trinajstić information content (AvgIpc) is 2.21. The number of aromatic nitrogens is 1. The predicted molar refractivity (Wildman–Crippen MR) is 65.4 cm³/mol. The van der Waals surface area contributed by atoms with Gasteiger partial charge in [0.1, 0.15) is 5.82 Å². The van der Waals surface area contributed by atoms with Gasteiger partial charge >= 0.3 is 5.97 Å². The Labute approximate surface area is 104 Å². The smallest absolute Gasteiger partial charge is 0.303 e. The molecule has 0 saturated carbocycles. The molecular weight excluding hydrogens is 234 g/mol. The van der Waals surface area contributed by atoms with E-state index in [1.807, 2.05) is 11.8 Å². The van der Waals surface area contributed by atoms with Crippen molar-refractivity contribution in [1.82, 2.24) is 4.98 Å². The van der Waals surface area contributed by atoms with Crippen LogP contribution in [0.15, 0.2) is 12.1 Å². The molecule has 0 spiro atoms. The normalized spacial score (nSPS) is 15.3. The Balaban J connectivity index is 2.13. The van der Waals surface area contributed by atoms with Crippen LogP contribution >= 0.6 is 0 Å². The van der Waals surface area contributed by atoms with Crippen LogP contribution in [0.3, 0.4) is 0 Å². The van der Waals surface area contributed by atoms with Crippen molar-refractivity contribution in [2.24, 2.45) is 11.7 Å². The summed E-state index contributed by atoms with van der Waals surface area (Å²) in [5.41, 5.74) is 6.48. The van der Waals surface area contributed by atoms with Crippen LogP contribution in [0.5, 0.6) is 0 Å². The molecule has 6 nitrogen and oxygen atoms in total. The van der Waals surface area contributed by atoms with Gasteiger partial charge in [0, 0.05) is 24.7 Å². The van der Waals surface area contributed by atoms with E-state index in [4.69, 9.17) is 10.8 Å². The molecule has 0 bridgehead atoms. The summed E-state index contributed by atoms with van der Waals surface area (Å²) >= 11 is 0. The number of aliphatic carboxylic acids is 1. The van der Waals surface area contributed by atoms with E-state index in [0.717, 1.165) is 5.69 Å². The number of rotatable bonds is 4. The molecule has 2 heterocycles. The lowest BCUT2D eigenvalue weighted by Crippen LogP contribution is -2.48. The molecule has 18 heavy (non-hydrogen) atoms. The van der Waals surface area contributed by atoms with E-state index in [1.54, 1.807) is 12.1 Å². The molecule has 1 amide bonds. The number of pyridine rings is 1. The number of nitrogens with zero attached hydrogens (tertiary/aromatic N) is 2. The van der Waals surface area contributed by atoms with Gasteiger partial charge in [0.05, 0.1) is 12.0 Å². The lowest BCUT2D eigenvalue weighted by atomic mass is 9.96. The van der Waals surface area contributed by atoms with Crippen molar-refractivity contribution >= 4 is 17.7 Å². The first-order valence-electron chi connectivity index (χ1n) is 5.71. The summed E-state index contributed by atoms with van der Waals surface area (Å²) < 4.78 is 0. The van der Waals surface area contributed by atoms with Crippen LogP contribution in [-0.4, -0.2) is 35.1 Å². The molecule has 0 atom stereocenters. The zero-order valence-electron chi connectivity index (χ0n) is 10.1. The van der Waals surface area contributed by atoms with Crippen molar-refractivity contribution in [2.45, 2.75) is 13.3 Å². The molecule has 0 aliphatic carbocycles. The van der Waals surface area contributed by atoms with Crippen LogP contribution in [0.1, 0.15) is 22.5 Å². The van der Waals surface area contributed by atoms with Gasteiger partial charge in [-0.1, -0.05) is 0 Å². The predicted octanol–water partition coefficient (Wildman–Crippen LogP) is 0.400. The van der Waals surface area contributed by atoms with Crippen LogP contribution in [0.2, 0.25) is 0 Å². The second-order valence-corrected chi connectivity index (χ2v) is 4.56. The SMILES string of the molecule is Cc1ccc(C(N)=O)c(N2CC(CC(=O)O)C2)n1. The molecule has 1 aromatic rings. The molecule has 1 fully saturated rings. The van der Waals surface area contributed by atoms with Crippen molar-refractivity contribution in [2.75, 3.05) is 18.0 Å². The van der Waals surface area contributed by atoms with Crippen molar-refractivity contribution in [3.63, 3.8) is 0 Å². The quantitative estimate of drug-likeness (QED) is 0.805. The van der Waals surface area contributed by atoms with Gasteiger partial charge in [0.2, 0.25) is 0 Å². The first-order chi connectivity index (χ1) is 8.47. The summed E-state index contributed by atoms with van der Waals surface area (Å²) in [4.78, 5) is 28.1. The topological polar surface area (TPSA) is 96.5 Å². The molecule has 96 valence electrons. The van der Waals surface area contributed by atoms with Gasteiger partial charge in [-0.25, -0.2) is 4.98 Å². The lowest BCUT2D eigenvalue weighted by molar-refractivity contribution is -0.138. The summed E-state index contributed by atoms with van der Waals surface area (Å²) in [6.07, 6.45) is 0.147. The van der Waals surface area contributed by atoms with Crippen molar-refractivity contribution in [3.8, 4) is 0 Å². The molecule has 0 radical (unpaired) electrons. The number of carboxylic acid groups (broad SMARTS) is 1. The average molecular weight is 249 g/mol. The maximum Gasteiger partial charge on any atom is 0.303 e. The van der Waals surface area contributed by atoms with E-state index < -0.39 is 11.9 Å². The Kier molecular flexibility index (Phi) is 3.18. The second kappa shape index (κ2) is 4.64. The number of amides is 1. The van der Waals surface area contributed by atoms with Gasteiger partial charge in [-0.3, -0.25) is 9.59 Å². The number of primary amides is 1. The maximum absolute atomic E-state index is 11.3. The zero-order valence-corrected chi connectivity index (χ0v) is 10.1. The summed E-state index contributed by atoms with van der Waals surface area (Å²) in [6, 6.07) is 3.39. The lowest BCUT2D eigenvalue weighted by Gasteiger charge is -2.40. The van der Waals surface area contributed by atoms with E-state index in [9.17, 15) is 9.59 Å². The first kappa shape index (κ1) is 12.3. The summed E-state index contributed by atoms with van der Waals surface area (Å²) in [7, 11) is 0. The van der Waals surface area contributed by atoms with E-state index >= 15 is 0 Å². The molecule has 3 N–H and O–H groups in total. The Bertz CT molecular complexity index is 495. The number of nitrogens with two attached hydrogens (primary N) is 1. The minimum Gasteiger partial charge on any atom is -0.481 e. The Hall–Kier alpha value is -2.11. The highest BCUT2D eigenvalue weighted by atomic mass is 16.4. The molecule has 2 rings (SSSR count). The first-order valence-corrected chi connectivity index (χ1v) is 5.71. The van der Waals surface area contributed by atoms with E-state index in [-0.39, 0.29) is 12.3 Å². The molecule has 1 aromatic heterocycles. The molecule has 1 saturated heterocycles. The van der Waals surface area contributed by atoms with Crippen LogP contribution < -0.4 is 10.6 Å². The third-order valence-corrected chi connectivity index (χ3v) is 3.00. The number of aryl methyl sites for hydroxylation is 1. The van der Waals surface area contributed by atoms with E-state index in [2.05, 4.69) is 4.98 Å². The van der Waals surface area contributed by atoms with Crippen molar-refractivity contribution in [1.29, 1.82) is 0 Å². The van der Waals surface area contributed by atoms with Crippen molar-refractivity contribution < 1.29 is 14.7 Å². The fraction of sp³-hybridized carbons (Fsp3) is 0.417. The Morgan fingerprint density at radius 3 is 2.72 bits per heavy atom. The number of hydrogen-bond acceptors (Lipinski definition) is 4. The van der Waals surface area contributed by atoms with Gasteiger partial charge in [-0.05, 0) is 19.1 Å². The largest absolute Gasteiger partial charge is 0.481 e. The van der Waals surface area contributed by atoms with E-state index in [1.165, 1.54) is 0 Å². The molecule has 0 unspecified atom stereocenters. The zero-order chi connectivity index (χ0) is 13.3. The van der Waals surface area contributed by atoms with Gasteiger partial charge < -0.3 is 15.7 Å². The third kappa shape index (κ3) is 2.42. The third-order valence-electron chi connectivity index (χ3n) is 3.00. The van der Waals surface area contributed by atoms with Gasteiger partial charge in [-0.2, -0.15) is 0 Å². The summed E-state index contributed by atoms with van der Waals surface area (Å²) in [5.74, 6) is -0.638. The number of hydrogen-bond donors (Lipinski definition) is 2. The summed E-state index contributed by atoms with van der Waals surface area (Å²) in [5, 5.41) is 8.68. The standard InChI is InChI=1S/C12H15N3O3/c1-7-2-3-9(11(13)18)12(14-7)15-5-8(6-15)4-10(16)17/h2-3,8H,4-6H2,1H3,(H2,13,18)(H,16,17). The van der Waals surface area contributed by atoms with Crippen LogP contribution in [0.4, 0.5) is 5.82 Å². The fourth-order valence-corrected chi connectivity index (χ4v) is 2.10. The number of carboxylic acids is 1. The number of carbonyl (C=O) groups excluding carboxylic acids is 1. The van der Waals surface area contributed by atoms with Crippen LogP contribution in [0.25, 0.3) is 0 Å². The molecule has 6 heteroatoms. The highest BCUT2D eigenvalue weighted by molar-refractivity contribution is 5.97. The minimum atomic E-state index is -0.799. The van der Waals surface area contributed by atoms with Gasteiger partial charge in [0.15, 0.2) is 0 Å². The van der Waals surface area contributed by atoms with Gasteiger partial charge in [0.25, 0.3) is 5.91 Å². The monoisotopic (exact) mass is 249 g/mol. The Morgan fingerprint density at radius 1 is 1.50 bits per heavy atom. The fourth-order valence-electron chi connectivity index (χ4n) is 2.10. The number of anilines is 1. The molecule has 1 aliphatic heterocycles. The highest BCUT2D eigenvalue weighted by Crippen LogP contribution is 2.27.